The normalized spacial score (nSPS) is 13.1. The molecule has 0 spiro atoms. The third-order valence-corrected chi connectivity index (χ3v) is 8.68. The first kappa shape index (κ1) is 30.2. The van der Waals surface area contributed by atoms with Gasteiger partial charge in [0.1, 0.15) is 11.6 Å². The van der Waals surface area contributed by atoms with Gasteiger partial charge < -0.3 is 9.30 Å². The lowest BCUT2D eigenvalue weighted by atomic mass is 10.1. The van der Waals surface area contributed by atoms with Gasteiger partial charge in [-0.15, -0.1) is 11.8 Å². The number of imidazole rings is 1. The number of nitrogens with zero attached hydrogens (tertiary/aromatic N) is 3. The molecule has 4 nitrogen and oxygen atoms in total. The van der Waals surface area contributed by atoms with Crippen LogP contribution in [0.3, 0.4) is 0 Å². The van der Waals surface area contributed by atoms with Crippen LogP contribution in [0.4, 0.5) is 13.2 Å². The van der Waals surface area contributed by atoms with Crippen LogP contribution in [0.15, 0.2) is 71.6 Å². The van der Waals surface area contributed by atoms with Gasteiger partial charge in [0, 0.05) is 31.1 Å². The maximum absolute atomic E-state index is 14.7. The highest BCUT2D eigenvalue weighted by molar-refractivity contribution is 7.98. The van der Waals surface area contributed by atoms with Gasteiger partial charge in [-0.1, -0.05) is 55.8 Å². The highest BCUT2D eigenvalue weighted by Gasteiger charge is 2.40. The Hall–Kier alpha value is -3.23. The molecule has 0 unspecified atom stereocenters. The van der Waals surface area contributed by atoms with E-state index in [0.29, 0.717) is 36.8 Å². The number of hydrogen-bond donors (Lipinski definition) is 0. The highest BCUT2D eigenvalue weighted by Crippen LogP contribution is 2.38. The summed E-state index contributed by atoms with van der Waals surface area (Å²) in [5.74, 6) is 0.800. The van der Waals surface area contributed by atoms with Crippen molar-refractivity contribution in [2.45, 2.75) is 76.3 Å². The van der Waals surface area contributed by atoms with Crippen LogP contribution < -0.4 is 4.74 Å². The summed E-state index contributed by atoms with van der Waals surface area (Å²) in [6, 6.07) is 22.0. The van der Waals surface area contributed by atoms with E-state index in [1.54, 1.807) is 28.5 Å². The number of hydrogen-bond acceptors (Lipinski definition) is 4. The molecular weight excluding hydrogens is 555 g/mol. The van der Waals surface area contributed by atoms with Crippen molar-refractivity contribution >= 4 is 11.8 Å². The minimum Gasteiger partial charge on any atom is -0.496 e. The molecular formula is C34H38F3N3OS. The third-order valence-electron chi connectivity index (χ3n) is 7.93. The molecule has 8 heteroatoms. The van der Waals surface area contributed by atoms with Crippen molar-refractivity contribution in [3.05, 3.63) is 100 Å². The number of benzene rings is 3. The maximum atomic E-state index is 14.7. The second-order valence-corrected chi connectivity index (χ2v) is 11.8. The van der Waals surface area contributed by atoms with E-state index in [0.717, 1.165) is 48.1 Å². The van der Waals surface area contributed by atoms with Crippen LogP contribution in [0.25, 0.3) is 11.4 Å². The first-order valence-electron chi connectivity index (χ1n) is 14.6. The van der Waals surface area contributed by atoms with Gasteiger partial charge in [-0.25, -0.2) is 4.98 Å². The Kier molecular flexibility index (Phi) is 9.63. The molecule has 0 saturated heterocycles. The lowest BCUT2D eigenvalue weighted by Crippen LogP contribution is -2.26. The molecule has 1 aliphatic carbocycles. The quantitative estimate of drug-likeness (QED) is 0.154. The minimum absolute atomic E-state index is 0.113. The molecule has 1 heterocycles. The molecule has 0 atom stereocenters. The molecule has 0 radical (unpaired) electrons. The third kappa shape index (κ3) is 6.87. The SMILES string of the molecule is CCCCn1c(-c2ccccc2OC)nc(C(F)(F)F)c1CN(Cc1ccc(SC)cc1)Cc1ccc2c(c1)CCC2. The predicted molar refractivity (Wildman–Crippen MR) is 164 cm³/mol. The van der Waals surface area contributed by atoms with E-state index >= 15 is 0 Å². The standard InChI is InChI=1S/C34H38F3N3OS/c1-4-5-19-40-30(32(34(35,36)37)38-33(40)29-11-6-7-12-31(29)41-2)23-39(21-24-14-17-28(42-3)18-15-24)22-25-13-16-26-9-8-10-27(26)20-25/h6-7,11-18,20H,4-5,8-10,19,21-23H2,1-3H3. The van der Waals surface area contributed by atoms with Gasteiger partial charge in [0.15, 0.2) is 5.69 Å². The number of para-hydroxylation sites is 1. The molecule has 4 aromatic rings. The highest BCUT2D eigenvalue weighted by atomic mass is 32.2. The van der Waals surface area contributed by atoms with Gasteiger partial charge in [-0.05, 0) is 78.5 Å². The largest absolute Gasteiger partial charge is 0.496 e. The number of aromatic nitrogens is 2. The second kappa shape index (κ2) is 13.4. The zero-order valence-electron chi connectivity index (χ0n) is 24.5. The van der Waals surface area contributed by atoms with Crippen molar-refractivity contribution in [3.8, 4) is 17.1 Å². The molecule has 0 N–H and O–H groups in total. The number of alkyl halides is 3. The van der Waals surface area contributed by atoms with Gasteiger partial charge in [-0.2, -0.15) is 13.2 Å². The van der Waals surface area contributed by atoms with Gasteiger partial charge in [0.2, 0.25) is 0 Å². The van der Waals surface area contributed by atoms with Crippen molar-refractivity contribution in [2.75, 3.05) is 13.4 Å². The van der Waals surface area contributed by atoms with Crippen molar-refractivity contribution in [1.82, 2.24) is 14.5 Å². The van der Waals surface area contributed by atoms with Crippen molar-refractivity contribution < 1.29 is 17.9 Å². The van der Waals surface area contributed by atoms with E-state index in [1.807, 2.05) is 25.3 Å². The average molecular weight is 594 g/mol. The van der Waals surface area contributed by atoms with E-state index in [2.05, 4.69) is 52.3 Å². The summed E-state index contributed by atoms with van der Waals surface area (Å²) >= 11 is 1.67. The fourth-order valence-electron chi connectivity index (χ4n) is 5.82. The van der Waals surface area contributed by atoms with Crippen molar-refractivity contribution in [3.63, 3.8) is 0 Å². The molecule has 222 valence electrons. The maximum Gasteiger partial charge on any atom is 0.435 e. The zero-order chi connectivity index (χ0) is 29.7. The summed E-state index contributed by atoms with van der Waals surface area (Å²) in [5, 5.41) is 0. The van der Waals surface area contributed by atoms with Crippen LogP contribution in [-0.4, -0.2) is 27.8 Å². The Bertz CT molecular complexity index is 1500. The number of aryl methyl sites for hydroxylation is 2. The average Bonchev–Trinajstić information content (AvgIpc) is 3.60. The van der Waals surface area contributed by atoms with Crippen LogP contribution in [0, 0.1) is 0 Å². The molecule has 0 saturated carbocycles. The Morgan fingerprint density at radius 2 is 1.64 bits per heavy atom. The van der Waals surface area contributed by atoms with Gasteiger partial charge in [0.05, 0.1) is 18.4 Å². The Balaban J connectivity index is 1.58. The Morgan fingerprint density at radius 1 is 0.929 bits per heavy atom. The number of methoxy groups -OCH3 is 1. The van der Waals surface area contributed by atoms with E-state index in [-0.39, 0.29) is 12.2 Å². The van der Waals surface area contributed by atoms with E-state index in [1.165, 1.54) is 18.2 Å². The predicted octanol–water partition coefficient (Wildman–Crippen LogP) is 8.79. The van der Waals surface area contributed by atoms with Crippen molar-refractivity contribution in [2.24, 2.45) is 0 Å². The fourth-order valence-corrected chi connectivity index (χ4v) is 6.22. The van der Waals surface area contributed by atoms with Gasteiger partial charge in [0.25, 0.3) is 0 Å². The van der Waals surface area contributed by atoms with Gasteiger partial charge >= 0.3 is 6.18 Å². The number of rotatable bonds is 12. The first-order chi connectivity index (χ1) is 20.3. The molecule has 1 aliphatic rings. The molecule has 1 aromatic heterocycles. The number of ether oxygens (including phenoxy) is 1. The Labute approximate surface area is 250 Å². The summed E-state index contributed by atoms with van der Waals surface area (Å²) < 4.78 is 51.3. The van der Waals surface area contributed by atoms with Crippen molar-refractivity contribution in [1.29, 1.82) is 0 Å². The van der Waals surface area contributed by atoms with Crippen LogP contribution in [0.2, 0.25) is 0 Å². The smallest absolute Gasteiger partial charge is 0.435 e. The molecule has 0 aliphatic heterocycles. The molecule has 0 bridgehead atoms. The summed E-state index contributed by atoms with van der Waals surface area (Å²) in [4.78, 5) is 7.55. The fraction of sp³-hybridized carbons (Fsp3) is 0.382. The summed E-state index contributed by atoms with van der Waals surface area (Å²) in [5.41, 5.74) is 4.86. The molecule has 3 aromatic carbocycles. The lowest BCUT2D eigenvalue weighted by molar-refractivity contribution is -0.141. The number of halogens is 3. The zero-order valence-corrected chi connectivity index (χ0v) is 25.3. The van der Waals surface area contributed by atoms with Gasteiger partial charge in [-0.3, -0.25) is 4.90 Å². The Morgan fingerprint density at radius 3 is 2.36 bits per heavy atom. The topological polar surface area (TPSA) is 30.3 Å². The number of unbranched alkanes of at least 4 members (excludes halogenated alkanes) is 1. The number of fused-ring (bicyclic) bond motifs is 1. The van der Waals surface area contributed by atoms with E-state index in [9.17, 15) is 13.2 Å². The van der Waals surface area contributed by atoms with Crippen LogP contribution >= 0.6 is 11.8 Å². The first-order valence-corrected chi connectivity index (χ1v) is 15.8. The summed E-state index contributed by atoms with van der Waals surface area (Å²) in [6.07, 6.45) is 2.34. The minimum atomic E-state index is -4.59. The molecule has 0 amide bonds. The van der Waals surface area contributed by atoms with Crippen LogP contribution in [-0.2, 0) is 45.2 Å². The summed E-state index contributed by atoms with van der Waals surface area (Å²) in [6.45, 7) is 3.66. The van der Waals surface area contributed by atoms with E-state index in [4.69, 9.17) is 4.74 Å². The second-order valence-electron chi connectivity index (χ2n) is 10.9. The van der Waals surface area contributed by atoms with Crippen LogP contribution in [0.5, 0.6) is 5.75 Å². The van der Waals surface area contributed by atoms with Crippen LogP contribution in [0.1, 0.15) is 59.8 Å². The summed E-state index contributed by atoms with van der Waals surface area (Å²) in [7, 11) is 1.53. The van der Waals surface area contributed by atoms with E-state index < -0.39 is 11.9 Å². The molecule has 42 heavy (non-hydrogen) atoms. The molecule has 5 rings (SSSR count). The number of thioether (sulfide) groups is 1. The molecule has 0 fully saturated rings. The lowest BCUT2D eigenvalue weighted by Gasteiger charge is -2.25. The monoisotopic (exact) mass is 593 g/mol.